The standard InChI is InChI=1S/C31H33F3O3/c1-3-5-6-7-17-35-28-16-15-25(29(33)30(28)34)23-11-9-22(10-12-23)24-13-14-26(27(32)18-24)31-36-19-21(8-4-2)20-37-31/h4,8-16,18,21,31H,3,5-7,17,19-20H2,1-2H3. The first-order valence-electron chi connectivity index (χ1n) is 12.9. The third-order valence-corrected chi connectivity index (χ3v) is 6.47. The van der Waals surface area contributed by atoms with Gasteiger partial charge in [0.05, 0.1) is 19.8 Å². The average molecular weight is 511 g/mol. The van der Waals surface area contributed by atoms with Gasteiger partial charge in [0.2, 0.25) is 5.82 Å². The summed E-state index contributed by atoms with van der Waals surface area (Å²) in [7, 11) is 0. The number of hydrogen-bond acceptors (Lipinski definition) is 3. The molecule has 0 unspecified atom stereocenters. The fourth-order valence-electron chi connectivity index (χ4n) is 4.40. The number of allylic oxidation sites excluding steroid dienone is 1. The predicted octanol–water partition coefficient (Wildman–Crippen LogP) is 8.63. The Balaban J connectivity index is 1.44. The first-order valence-corrected chi connectivity index (χ1v) is 12.9. The highest BCUT2D eigenvalue weighted by molar-refractivity contribution is 5.71. The predicted molar refractivity (Wildman–Crippen MR) is 140 cm³/mol. The maximum atomic E-state index is 14.9. The molecule has 0 aromatic heterocycles. The molecule has 4 rings (SSSR count). The van der Waals surface area contributed by atoms with Crippen LogP contribution in [0.5, 0.6) is 5.75 Å². The van der Waals surface area contributed by atoms with Crippen molar-refractivity contribution < 1.29 is 27.4 Å². The molecule has 1 aliphatic rings. The molecule has 37 heavy (non-hydrogen) atoms. The van der Waals surface area contributed by atoms with E-state index in [-0.39, 0.29) is 17.2 Å². The molecule has 0 N–H and O–H groups in total. The molecule has 0 amide bonds. The summed E-state index contributed by atoms with van der Waals surface area (Å²) in [4.78, 5) is 0. The molecule has 0 radical (unpaired) electrons. The average Bonchev–Trinajstić information content (AvgIpc) is 2.92. The minimum atomic E-state index is -0.987. The second-order valence-corrected chi connectivity index (χ2v) is 9.25. The molecular weight excluding hydrogens is 477 g/mol. The molecule has 0 spiro atoms. The zero-order chi connectivity index (χ0) is 26.2. The van der Waals surface area contributed by atoms with Gasteiger partial charge in [-0.2, -0.15) is 4.39 Å². The van der Waals surface area contributed by atoms with Crippen molar-refractivity contribution in [3.63, 3.8) is 0 Å². The van der Waals surface area contributed by atoms with Crippen LogP contribution in [0.3, 0.4) is 0 Å². The molecule has 6 heteroatoms. The molecule has 3 aromatic carbocycles. The van der Waals surface area contributed by atoms with Gasteiger partial charge in [-0.3, -0.25) is 0 Å². The van der Waals surface area contributed by atoms with E-state index < -0.39 is 23.7 Å². The van der Waals surface area contributed by atoms with Gasteiger partial charge >= 0.3 is 0 Å². The Morgan fingerprint density at radius 1 is 0.838 bits per heavy atom. The smallest absolute Gasteiger partial charge is 0.201 e. The summed E-state index contributed by atoms with van der Waals surface area (Å²) in [6.45, 7) is 5.35. The highest BCUT2D eigenvalue weighted by Crippen LogP contribution is 2.33. The van der Waals surface area contributed by atoms with Gasteiger partial charge in [0.25, 0.3) is 0 Å². The Hall–Kier alpha value is -3.09. The van der Waals surface area contributed by atoms with Gasteiger partial charge in [0.15, 0.2) is 17.9 Å². The monoisotopic (exact) mass is 510 g/mol. The molecule has 0 aliphatic carbocycles. The molecule has 0 saturated carbocycles. The molecule has 1 fully saturated rings. The lowest BCUT2D eigenvalue weighted by molar-refractivity contribution is -0.198. The van der Waals surface area contributed by atoms with Gasteiger partial charge in [0.1, 0.15) is 5.82 Å². The number of hydrogen-bond donors (Lipinski definition) is 0. The van der Waals surface area contributed by atoms with E-state index in [2.05, 4.69) is 6.92 Å². The van der Waals surface area contributed by atoms with Crippen LogP contribution in [0, 0.1) is 23.4 Å². The van der Waals surface area contributed by atoms with Crippen molar-refractivity contribution in [1.29, 1.82) is 0 Å². The summed E-state index contributed by atoms with van der Waals surface area (Å²) in [6, 6.07) is 14.8. The van der Waals surface area contributed by atoms with E-state index in [0.717, 1.165) is 31.2 Å². The van der Waals surface area contributed by atoms with Gasteiger partial charge in [-0.15, -0.1) is 0 Å². The highest BCUT2D eigenvalue weighted by atomic mass is 19.2. The summed E-state index contributed by atoms with van der Waals surface area (Å²) in [5, 5.41) is 0. The van der Waals surface area contributed by atoms with E-state index in [1.54, 1.807) is 36.4 Å². The topological polar surface area (TPSA) is 27.7 Å². The van der Waals surface area contributed by atoms with E-state index in [1.165, 1.54) is 18.2 Å². The lowest BCUT2D eigenvalue weighted by Crippen LogP contribution is -2.26. The van der Waals surface area contributed by atoms with Crippen LogP contribution in [-0.2, 0) is 9.47 Å². The van der Waals surface area contributed by atoms with Crippen LogP contribution in [0.25, 0.3) is 22.3 Å². The second-order valence-electron chi connectivity index (χ2n) is 9.25. The molecule has 196 valence electrons. The largest absolute Gasteiger partial charge is 0.490 e. The van der Waals surface area contributed by atoms with Crippen molar-refractivity contribution in [3.8, 4) is 28.0 Å². The molecule has 3 aromatic rings. The Labute approximate surface area is 216 Å². The summed E-state index contributed by atoms with van der Waals surface area (Å²) in [5.74, 6) is -2.26. The van der Waals surface area contributed by atoms with Gasteiger partial charge < -0.3 is 14.2 Å². The normalized spacial score (nSPS) is 17.9. The number of benzene rings is 3. The maximum absolute atomic E-state index is 14.9. The Kier molecular flexibility index (Phi) is 9.42. The SMILES string of the molecule is CC=CC1COC(c2ccc(-c3ccc(-c4ccc(OCCCCCC)c(F)c4F)cc3)cc2F)OC1. The molecule has 3 nitrogen and oxygen atoms in total. The molecule has 0 bridgehead atoms. The van der Waals surface area contributed by atoms with Gasteiger partial charge in [-0.1, -0.05) is 74.7 Å². The van der Waals surface area contributed by atoms with Gasteiger partial charge in [0, 0.05) is 17.0 Å². The quantitative estimate of drug-likeness (QED) is 0.202. The zero-order valence-corrected chi connectivity index (χ0v) is 21.3. The fraction of sp³-hybridized carbons (Fsp3) is 0.355. The Bertz CT molecular complexity index is 1200. The maximum Gasteiger partial charge on any atom is 0.201 e. The van der Waals surface area contributed by atoms with E-state index in [1.807, 2.05) is 19.1 Å². The number of ether oxygens (including phenoxy) is 3. The highest BCUT2D eigenvalue weighted by Gasteiger charge is 2.24. The Morgan fingerprint density at radius 2 is 1.54 bits per heavy atom. The minimum absolute atomic E-state index is 0.0757. The first-order chi connectivity index (χ1) is 18.0. The van der Waals surface area contributed by atoms with Crippen LogP contribution in [0.2, 0.25) is 0 Å². The van der Waals surface area contributed by atoms with Crippen molar-refractivity contribution in [2.24, 2.45) is 5.92 Å². The summed E-state index contributed by atoms with van der Waals surface area (Å²) in [6.07, 6.45) is 7.21. The number of rotatable bonds is 10. The van der Waals surface area contributed by atoms with Crippen LogP contribution in [-0.4, -0.2) is 19.8 Å². The third kappa shape index (κ3) is 6.62. The van der Waals surface area contributed by atoms with Crippen molar-refractivity contribution in [2.45, 2.75) is 45.8 Å². The third-order valence-electron chi connectivity index (χ3n) is 6.47. The van der Waals surface area contributed by atoms with Crippen LogP contribution < -0.4 is 4.74 Å². The molecule has 0 atom stereocenters. The number of halogens is 3. The van der Waals surface area contributed by atoms with Crippen molar-refractivity contribution in [1.82, 2.24) is 0 Å². The fourth-order valence-corrected chi connectivity index (χ4v) is 4.40. The first kappa shape index (κ1) is 27.0. The van der Waals surface area contributed by atoms with Gasteiger partial charge in [-0.05, 0) is 48.2 Å². The van der Waals surface area contributed by atoms with E-state index in [0.29, 0.717) is 36.5 Å². The summed E-state index contributed by atoms with van der Waals surface area (Å²) < 4.78 is 61.2. The molecule has 1 saturated heterocycles. The van der Waals surface area contributed by atoms with Crippen molar-refractivity contribution >= 4 is 0 Å². The van der Waals surface area contributed by atoms with Gasteiger partial charge in [-0.25, -0.2) is 8.78 Å². The number of unbranched alkanes of at least 4 members (excludes halogenated alkanes) is 3. The van der Waals surface area contributed by atoms with Crippen molar-refractivity contribution in [2.75, 3.05) is 19.8 Å². The molecule has 1 aliphatic heterocycles. The van der Waals surface area contributed by atoms with E-state index >= 15 is 0 Å². The van der Waals surface area contributed by atoms with E-state index in [4.69, 9.17) is 14.2 Å². The lowest BCUT2D eigenvalue weighted by atomic mass is 9.98. The van der Waals surface area contributed by atoms with Crippen LogP contribution in [0.1, 0.15) is 51.4 Å². The van der Waals surface area contributed by atoms with Crippen LogP contribution >= 0.6 is 0 Å². The van der Waals surface area contributed by atoms with Crippen molar-refractivity contribution in [3.05, 3.63) is 89.8 Å². The zero-order valence-electron chi connectivity index (χ0n) is 21.3. The lowest BCUT2D eigenvalue weighted by Gasteiger charge is -2.28. The van der Waals surface area contributed by atoms with Crippen LogP contribution in [0.15, 0.2) is 66.7 Å². The Morgan fingerprint density at radius 3 is 2.22 bits per heavy atom. The molecule has 1 heterocycles. The van der Waals surface area contributed by atoms with E-state index in [9.17, 15) is 13.2 Å². The summed E-state index contributed by atoms with van der Waals surface area (Å²) in [5.41, 5.74) is 2.43. The molecular formula is C31H33F3O3. The minimum Gasteiger partial charge on any atom is -0.490 e. The summed E-state index contributed by atoms with van der Waals surface area (Å²) >= 11 is 0. The second kappa shape index (κ2) is 12.9. The van der Waals surface area contributed by atoms with Crippen LogP contribution in [0.4, 0.5) is 13.2 Å².